The predicted octanol–water partition coefficient (Wildman–Crippen LogP) is 6.75. The summed E-state index contributed by atoms with van der Waals surface area (Å²) in [5.74, 6) is 0. The molecule has 0 aromatic heterocycles. The van der Waals surface area contributed by atoms with Crippen molar-refractivity contribution in [1.29, 1.82) is 0 Å². The van der Waals surface area contributed by atoms with Crippen molar-refractivity contribution in [2.75, 3.05) is 4.90 Å². The number of anilines is 3. The fourth-order valence-corrected chi connectivity index (χ4v) is 4.09. The summed E-state index contributed by atoms with van der Waals surface area (Å²) in [5, 5.41) is 0. The van der Waals surface area contributed by atoms with Gasteiger partial charge in [-0.3, -0.25) is 0 Å². The molecule has 0 radical (unpaired) electrons. The molecule has 0 heterocycles. The first-order valence-electron chi connectivity index (χ1n) is 11.0. The zero-order valence-corrected chi connectivity index (χ0v) is 18.1. The number of hydrogen-bond acceptors (Lipinski definition) is 1. The van der Waals surface area contributed by atoms with E-state index < -0.39 is 0 Å². The quantitative estimate of drug-likeness (QED) is 0.290. The fraction of sp³-hybridized carbons (Fsp3) is 0. The summed E-state index contributed by atoms with van der Waals surface area (Å²) in [5.41, 5.74) is 9.54. The molecule has 0 N–H and O–H groups in total. The first kappa shape index (κ1) is 19.9. The molecule has 0 amide bonds. The van der Waals surface area contributed by atoms with Gasteiger partial charge in [0.1, 0.15) is 7.85 Å². The summed E-state index contributed by atoms with van der Waals surface area (Å²) < 4.78 is 0. The Morgan fingerprint density at radius 3 is 1.59 bits per heavy atom. The molecule has 0 saturated carbocycles. The van der Waals surface area contributed by atoms with E-state index in [4.69, 9.17) is 0 Å². The molecule has 32 heavy (non-hydrogen) atoms. The van der Waals surface area contributed by atoms with Crippen molar-refractivity contribution >= 4 is 30.4 Å². The van der Waals surface area contributed by atoms with Gasteiger partial charge in [0, 0.05) is 16.9 Å². The van der Waals surface area contributed by atoms with Crippen LogP contribution in [-0.2, 0) is 0 Å². The zero-order valence-electron chi connectivity index (χ0n) is 18.1. The summed E-state index contributed by atoms with van der Waals surface area (Å²) in [4.78, 5) is 2.34. The maximum Gasteiger partial charge on any atom is 0.139 e. The van der Waals surface area contributed by atoms with Crippen LogP contribution in [0.4, 0.5) is 17.1 Å². The van der Waals surface area contributed by atoms with Crippen LogP contribution in [0.25, 0.3) is 22.3 Å². The van der Waals surface area contributed by atoms with E-state index in [-0.39, 0.29) is 0 Å². The van der Waals surface area contributed by atoms with Crippen LogP contribution < -0.4 is 10.4 Å². The molecule has 1 nitrogen and oxygen atoms in total. The van der Waals surface area contributed by atoms with E-state index in [1.54, 1.807) is 0 Å². The van der Waals surface area contributed by atoms with Gasteiger partial charge in [0.05, 0.1) is 5.69 Å². The molecule has 0 fully saturated rings. The van der Waals surface area contributed by atoms with Gasteiger partial charge in [-0.05, 0) is 53.1 Å². The SMILES string of the molecule is Bc1ccc(N(c2ccccc2)c2ccc(-c3ccccc3)cc2-c2ccccc2)cc1. The summed E-state index contributed by atoms with van der Waals surface area (Å²) >= 11 is 0. The first-order valence-corrected chi connectivity index (χ1v) is 11.0. The Morgan fingerprint density at radius 1 is 0.438 bits per heavy atom. The molecular weight excluding hydrogens is 385 g/mol. The highest BCUT2D eigenvalue weighted by Gasteiger charge is 2.17. The van der Waals surface area contributed by atoms with Gasteiger partial charge in [-0.1, -0.05) is 103 Å². The van der Waals surface area contributed by atoms with Gasteiger partial charge >= 0.3 is 0 Å². The number of rotatable bonds is 5. The summed E-state index contributed by atoms with van der Waals surface area (Å²) in [6, 6.07) is 47.3. The summed E-state index contributed by atoms with van der Waals surface area (Å²) in [7, 11) is 2.13. The van der Waals surface area contributed by atoms with Crippen molar-refractivity contribution in [3.8, 4) is 22.3 Å². The van der Waals surface area contributed by atoms with Gasteiger partial charge in [0.15, 0.2) is 0 Å². The van der Waals surface area contributed by atoms with Gasteiger partial charge in [-0.15, -0.1) is 0 Å². The van der Waals surface area contributed by atoms with Gasteiger partial charge in [-0.25, -0.2) is 0 Å². The number of nitrogens with zero attached hydrogens (tertiary/aromatic N) is 1. The van der Waals surface area contributed by atoms with Crippen LogP contribution in [0.2, 0.25) is 0 Å². The second kappa shape index (κ2) is 8.99. The minimum atomic E-state index is 1.14. The Bertz CT molecular complexity index is 1300. The normalized spacial score (nSPS) is 10.6. The van der Waals surface area contributed by atoms with E-state index in [1.807, 2.05) is 0 Å². The molecule has 0 aliphatic heterocycles. The fourth-order valence-electron chi connectivity index (χ4n) is 4.09. The largest absolute Gasteiger partial charge is 0.310 e. The highest BCUT2D eigenvalue weighted by molar-refractivity contribution is 6.32. The molecule has 5 aromatic carbocycles. The van der Waals surface area contributed by atoms with Crippen molar-refractivity contribution in [2.24, 2.45) is 0 Å². The van der Waals surface area contributed by atoms with Crippen LogP contribution in [0.15, 0.2) is 133 Å². The lowest BCUT2D eigenvalue weighted by Gasteiger charge is -2.28. The van der Waals surface area contributed by atoms with Crippen LogP contribution in [0.3, 0.4) is 0 Å². The molecule has 0 aliphatic carbocycles. The van der Waals surface area contributed by atoms with E-state index in [1.165, 1.54) is 27.7 Å². The predicted molar refractivity (Wildman–Crippen MR) is 140 cm³/mol. The molecule has 0 atom stereocenters. The smallest absolute Gasteiger partial charge is 0.139 e. The topological polar surface area (TPSA) is 3.24 Å². The van der Waals surface area contributed by atoms with E-state index >= 15 is 0 Å². The third-order valence-corrected chi connectivity index (χ3v) is 5.74. The summed E-state index contributed by atoms with van der Waals surface area (Å²) in [6.45, 7) is 0. The van der Waals surface area contributed by atoms with Crippen LogP contribution in [0.1, 0.15) is 0 Å². The lowest BCUT2D eigenvalue weighted by atomic mass is 9.94. The highest BCUT2D eigenvalue weighted by atomic mass is 15.1. The van der Waals surface area contributed by atoms with E-state index in [0.717, 1.165) is 17.1 Å². The maximum atomic E-state index is 2.34. The zero-order chi connectivity index (χ0) is 21.8. The molecular formula is C30H24BN. The standard InChI is InChI=1S/C30H24BN/c31-26-17-19-28(20-18-26)32(27-14-8-3-9-15-27)30-21-16-25(23-10-4-1-5-11-23)22-29(30)24-12-6-2-7-13-24/h1-22H,31H2. The molecule has 5 rings (SSSR count). The van der Waals surface area contributed by atoms with Gasteiger partial charge in [0.2, 0.25) is 0 Å². The van der Waals surface area contributed by atoms with Crippen LogP contribution in [-0.4, -0.2) is 7.85 Å². The Balaban J connectivity index is 1.74. The van der Waals surface area contributed by atoms with E-state index in [9.17, 15) is 0 Å². The van der Waals surface area contributed by atoms with Crippen molar-refractivity contribution in [3.63, 3.8) is 0 Å². The van der Waals surface area contributed by atoms with Crippen molar-refractivity contribution < 1.29 is 0 Å². The Kier molecular flexibility index (Phi) is 5.59. The molecule has 0 saturated heterocycles. The summed E-state index contributed by atoms with van der Waals surface area (Å²) in [6.07, 6.45) is 0. The lowest BCUT2D eigenvalue weighted by molar-refractivity contribution is 1.29. The van der Waals surface area contributed by atoms with Crippen LogP contribution >= 0.6 is 0 Å². The molecule has 0 spiro atoms. The molecule has 0 bridgehead atoms. The highest BCUT2D eigenvalue weighted by Crippen LogP contribution is 2.42. The average molecular weight is 409 g/mol. The number of hydrogen-bond donors (Lipinski definition) is 0. The first-order chi connectivity index (χ1) is 15.8. The third-order valence-electron chi connectivity index (χ3n) is 5.74. The van der Waals surface area contributed by atoms with Crippen molar-refractivity contribution in [1.82, 2.24) is 0 Å². The molecule has 0 unspecified atom stereocenters. The molecule has 5 aromatic rings. The minimum Gasteiger partial charge on any atom is -0.310 e. The third kappa shape index (κ3) is 4.08. The van der Waals surface area contributed by atoms with Crippen molar-refractivity contribution in [2.45, 2.75) is 0 Å². The lowest BCUT2D eigenvalue weighted by Crippen LogP contribution is -2.12. The monoisotopic (exact) mass is 409 g/mol. The Morgan fingerprint density at radius 2 is 0.969 bits per heavy atom. The molecule has 2 heteroatoms. The average Bonchev–Trinajstić information content (AvgIpc) is 2.87. The van der Waals surface area contributed by atoms with Crippen LogP contribution in [0.5, 0.6) is 0 Å². The Hall–Kier alpha value is -4.04. The molecule has 152 valence electrons. The molecule has 0 aliphatic rings. The van der Waals surface area contributed by atoms with Crippen LogP contribution in [0, 0.1) is 0 Å². The van der Waals surface area contributed by atoms with Gasteiger partial charge in [0.25, 0.3) is 0 Å². The van der Waals surface area contributed by atoms with E-state index in [0.29, 0.717) is 0 Å². The van der Waals surface area contributed by atoms with Gasteiger partial charge < -0.3 is 4.90 Å². The second-order valence-corrected chi connectivity index (χ2v) is 7.97. The number of benzene rings is 5. The maximum absolute atomic E-state index is 2.34. The second-order valence-electron chi connectivity index (χ2n) is 7.97. The van der Waals surface area contributed by atoms with Crippen molar-refractivity contribution in [3.05, 3.63) is 133 Å². The Labute approximate surface area is 191 Å². The minimum absolute atomic E-state index is 1.14. The van der Waals surface area contributed by atoms with E-state index in [2.05, 4.69) is 146 Å². The van der Waals surface area contributed by atoms with Gasteiger partial charge in [-0.2, -0.15) is 0 Å². The number of para-hydroxylation sites is 1.